The highest BCUT2D eigenvalue weighted by molar-refractivity contribution is 7.09. The standard InChI is InChI=1S/C16H22N4S.CH2O2/c1-2-14-11-17-16(18-12-14)20-7-4-6-19(8-9-20)13-15-5-3-10-21-15;2-1-3/h3,5,10-12H,2,4,6-9,13H2,1H3;1H,(H,2,3). The Balaban J connectivity index is 0.000000647. The minimum Gasteiger partial charge on any atom is -0.483 e. The summed E-state index contributed by atoms with van der Waals surface area (Å²) in [5.41, 5.74) is 1.20. The molecule has 0 unspecified atom stereocenters. The van der Waals surface area contributed by atoms with E-state index in [0.717, 1.165) is 45.1 Å². The Morgan fingerprint density at radius 2 is 2.00 bits per heavy atom. The minimum atomic E-state index is -0.250. The van der Waals surface area contributed by atoms with Crippen LogP contribution >= 0.6 is 11.3 Å². The molecule has 1 aliphatic rings. The molecule has 0 atom stereocenters. The van der Waals surface area contributed by atoms with E-state index in [-0.39, 0.29) is 6.47 Å². The van der Waals surface area contributed by atoms with E-state index in [9.17, 15) is 0 Å². The van der Waals surface area contributed by atoms with Gasteiger partial charge in [-0.1, -0.05) is 13.0 Å². The average molecular weight is 348 g/mol. The van der Waals surface area contributed by atoms with E-state index in [0.29, 0.717) is 0 Å². The molecule has 2 aromatic heterocycles. The zero-order chi connectivity index (χ0) is 17.2. The summed E-state index contributed by atoms with van der Waals surface area (Å²) in [5.74, 6) is 0.880. The van der Waals surface area contributed by atoms with Crippen molar-refractivity contribution in [3.63, 3.8) is 0 Å². The van der Waals surface area contributed by atoms with Crippen molar-refractivity contribution >= 4 is 23.8 Å². The van der Waals surface area contributed by atoms with Crippen LogP contribution in [0.4, 0.5) is 5.95 Å². The van der Waals surface area contributed by atoms with Gasteiger partial charge in [0.1, 0.15) is 0 Å². The predicted molar refractivity (Wildman–Crippen MR) is 96.5 cm³/mol. The monoisotopic (exact) mass is 348 g/mol. The first-order valence-corrected chi connectivity index (χ1v) is 9.03. The van der Waals surface area contributed by atoms with Gasteiger partial charge in [0.2, 0.25) is 5.95 Å². The number of nitrogens with zero attached hydrogens (tertiary/aromatic N) is 4. The van der Waals surface area contributed by atoms with E-state index in [2.05, 4.69) is 44.2 Å². The molecule has 6 nitrogen and oxygen atoms in total. The van der Waals surface area contributed by atoms with Gasteiger partial charge in [-0.15, -0.1) is 11.3 Å². The van der Waals surface area contributed by atoms with E-state index in [1.165, 1.54) is 16.9 Å². The summed E-state index contributed by atoms with van der Waals surface area (Å²) in [5, 5.41) is 9.04. The molecule has 130 valence electrons. The number of rotatable bonds is 4. The molecule has 0 bridgehead atoms. The predicted octanol–water partition coefficient (Wildman–Crippen LogP) is 2.51. The largest absolute Gasteiger partial charge is 0.483 e. The van der Waals surface area contributed by atoms with Gasteiger partial charge in [0.15, 0.2) is 0 Å². The lowest BCUT2D eigenvalue weighted by atomic mass is 10.3. The molecule has 3 rings (SSSR count). The first-order chi connectivity index (χ1) is 11.8. The van der Waals surface area contributed by atoms with Crippen molar-refractivity contribution in [2.24, 2.45) is 0 Å². The Morgan fingerprint density at radius 3 is 2.62 bits per heavy atom. The van der Waals surface area contributed by atoms with Gasteiger partial charge in [0.25, 0.3) is 6.47 Å². The fourth-order valence-electron chi connectivity index (χ4n) is 2.65. The maximum Gasteiger partial charge on any atom is 0.290 e. The third kappa shape index (κ3) is 5.58. The zero-order valence-electron chi connectivity index (χ0n) is 14.0. The van der Waals surface area contributed by atoms with Crippen molar-refractivity contribution in [2.45, 2.75) is 26.3 Å². The van der Waals surface area contributed by atoms with Crippen LogP contribution in [-0.4, -0.2) is 52.6 Å². The smallest absolute Gasteiger partial charge is 0.290 e. The number of anilines is 1. The van der Waals surface area contributed by atoms with Crippen LogP contribution in [0.25, 0.3) is 0 Å². The van der Waals surface area contributed by atoms with Crippen molar-refractivity contribution in [1.29, 1.82) is 0 Å². The van der Waals surface area contributed by atoms with Crippen LogP contribution in [0.1, 0.15) is 23.8 Å². The quantitative estimate of drug-likeness (QED) is 0.856. The maximum atomic E-state index is 8.36. The maximum absolute atomic E-state index is 8.36. The highest BCUT2D eigenvalue weighted by atomic mass is 32.1. The lowest BCUT2D eigenvalue weighted by molar-refractivity contribution is -0.122. The van der Waals surface area contributed by atoms with Crippen molar-refractivity contribution in [3.8, 4) is 0 Å². The first-order valence-electron chi connectivity index (χ1n) is 8.15. The molecule has 0 saturated carbocycles. The summed E-state index contributed by atoms with van der Waals surface area (Å²) in [6.07, 6.45) is 6.08. The molecule has 1 fully saturated rings. The van der Waals surface area contributed by atoms with Crippen LogP contribution in [0.3, 0.4) is 0 Å². The molecule has 2 aromatic rings. The molecule has 0 radical (unpaired) electrons. The number of hydrogen-bond acceptors (Lipinski definition) is 6. The lowest BCUT2D eigenvalue weighted by Gasteiger charge is -2.21. The number of carbonyl (C=O) groups is 1. The Morgan fingerprint density at radius 1 is 1.25 bits per heavy atom. The summed E-state index contributed by atoms with van der Waals surface area (Å²) < 4.78 is 0. The van der Waals surface area contributed by atoms with Crippen LogP contribution in [0.15, 0.2) is 29.9 Å². The molecular formula is C17H24N4O2S. The number of thiophene rings is 1. The lowest BCUT2D eigenvalue weighted by Crippen LogP contribution is -2.31. The SMILES string of the molecule is CCc1cnc(N2CCCN(Cc3cccs3)CC2)nc1.O=CO. The molecule has 3 heterocycles. The minimum absolute atomic E-state index is 0.250. The molecule has 1 aliphatic heterocycles. The fourth-order valence-corrected chi connectivity index (χ4v) is 3.39. The second-order valence-electron chi connectivity index (χ2n) is 5.55. The second kappa shape index (κ2) is 10.00. The number of aromatic nitrogens is 2. The molecule has 0 spiro atoms. The van der Waals surface area contributed by atoms with E-state index in [4.69, 9.17) is 9.90 Å². The van der Waals surface area contributed by atoms with Gasteiger partial charge in [-0.2, -0.15) is 0 Å². The first kappa shape index (κ1) is 18.4. The highest BCUT2D eigenvalue weighted by Gasteiger charge is 2.17. The molecular weight excluding hydrogens is 324 g/mol. The van der Waals surface area contributed by atoms with Crippen molar-refractivity contribution in [1.82, 2.24) is 14.9 Å². The summed E-state index contributed by atoms with van der Waals surface area (Å²) in [7, 11) is 0. The Kier molecular flexibility index (Phi) is 7.64. The second-order valence-corrected chi connectivity index (χ2v) is 6.58. The topological polar surface area (TPSA) is 69.6 Å². The van der Waals surface area contributed by atoms with Crippen LogP contribution in [-0.2, 0) is 17.8 Å². The third-order valence-corrected chi connectivity index (χ3v) is 4.79. The van der Waals surface area contributed by atoms with Crippen molar-refractivity contribution in [3.05, 3.63) is 40.3 Å². The fraction of sp³-hybridized carbons (Fsp3) is 0.471. The molecule has 24 heavy (non-hydrogen) atoms. The normalized spacial score (nSPS) is 15.3. The van der Waals surface area contributed by atoms with Crippen molar-refractivity contribution in [2.75, 3.05) is 31.1 Å². The summed E-state index contributed by atoms with van der Waals surface area (Å²) in [4.78, 5) is 23.7. The van der Waals surface area contributed by atoms with Crippen LogP contribution < -0.4 is 4.90 Å². The van der Waals surface area contributed by atoms with E-state index >= 15 is 0 Å². The van der Waals surface area contributed by atoms with Crippen LogP contribution in [0.2, 0.25) is 0 Å². The van der Waals surface area contributed by atoms with Gasteiger partial charge in [-0.05, 0) is 29.9 Å². The molecule has 1 N–H and O–H groups in total. The molecule has 0 amide bonds. The number of hydrogen-bond donors (Lipinski definition) is 1. The van der Waals surface area contributed by atoms with Gasteiger partial charge in [0, 0.05) is 50.0 Å². The Labute approximate surface area is 146 Å². The highest BCUT2D eigenvalue weighted by Crippen LogP contribution is 2.15. The van der Waals surface area contributed by atoms with Gasteiger partial charge in [0.05, 0.1) is 0 Å². The average Bonchev–Trinajstić information content (AvgIpc) is 3.00. The van der Waals surface area contributed by atoms with Crippen molar-refractivity contribution < 1.29 is 9.90 Å². The molecule has 0 aliphatic carbocycles. The van der Waals surface area contributed by atoms with Gasteiger partial charge in [-0.3, -0.25) is 9.69 Å². The Bertz CT molecular complexity index is 589. The molecule has 0 aromatic carbocycles. The van der Waals surface area contributed by atoms with E-state index in [1.807, 2.05) is 23.7 Å². The number of carboxylic acid groups (broad SMARTS) is 1. The van der Waals surface area contributed by atoms with Crippen LogP contribution in [0.5, 0.6) is 0 Å². The van der Waals surface area contributed by atoms with E-state index < -0.39 is 0 Å². The zero-order valence-corrected chi connectivity index (χ0v) is 14.8. The van der Waals surface area contributed by atoms with Gasteiger partial charge < -0.3 is 10.0 Å². The summed E-state index contributed by atoms with van der Waals surface area (Å²) in [6, 6.07) is 4.35. The number of aryl methyl sites for hydroxylation is 1. The van der Waals surface area contributed by atoms with Crippen LogP contribution in [0, 0.1) is 0 Å². The third-order valence-electron chi connectivity index (χ3n) is 3.93. The Hall–Kier alpha value is -1.99. The summed E-state index contributed by atoms with van der Waals surface area (Å²) in [6.45, 7) is 7.25. The van der Waals surface area contributed by atoms with Gasteiger partial charge in [-0.25, -0.2) is 9.97 Å². The van der Waals surface area contributed by atoms with Gasteiger partial charge >= 0.3 is 0 Å². The molecule has 1 saturated heterocycles. The van der Waals surface area contributed by atoms with E-state index in [1.54, 1.807) is 0 Å². The summed E-state index contributed by atoms with van der Waals surface area (Å²) >= 11 is 1.84. The molecule has 7 heteroatoms.